The summed E-state index contributed by atoms with van der Waals surface area (Å²) in [6.45, 7) is 5.61. The maximum atomic E-state index is 12.9. The zero-order valence-electron chi connectivity index (χ0n) is 15.6. The molecule has 0 bridgehead atoms. The minimum atomic E-state index is -0.931. The highest BCUT2D eigenvalue weighted by molar-refractivity contribution is 5.95. The molecule has 1 N–H and O–H groups in total. The predicted octanol–water partition coefficient (Wildman–Crippen LogP) is 1.14. The zero-order valence-corrected chi connectivity index (χ0v) is 15.6. The Hall–Kier alpha value is -2.38. The molecule has 1 unspecified atom stereocenters. The Morgan fingerprint density at radius 2 is 2.00 bits per heavy atom. The molecule has 8 nitrogen and oxygen atoms in total. The summed E-state index contributed by atoms with van der Waals surface area (Å²) in [5.74, 6) is -1.84. The van der Waals surface area contributed by atoms with Crippen molar-refractivity contribution in [2.75, 3.05) is 20.1 Å². The lowest BCUT2D eigenvalue weighted by Crippen LogP contribution is -2.57. The van der Waals surface area contributed by atoms with Crippen molar-refractivity contribution in [1.82, 2.24) is 19.6 Å². The lowest BCUT2D eigenvalue weighted by Gasteiger charge is -2.45. The van der Waals surface area contributed by atoms with Crippen molar-refractivity contribution in [3.8, 4) is 0 Å². The Kier molecular flexibility index (Phi) is 4.77. The Labute approximate surface area is 152 Å². The molecular weight excluding hydrogens is 336 g/mol. The third-order valence-electron chi connectivity index (χ3n) is 6.05. The van der Waals surface area contributed by atoms with Crippen LogP contribution < -0.4 is 0 Å². The normalized spacial score (nSPS) is 22.3. The molecule has 2 fully saturated rings. The van der Waals surface area contributed by atoms with Crippen molar-refractivity contribution in [1.29, 1.82) is 0 Å². The van der Waals surface area contributed by atoms with Crippen molar-refractivity contribution in [3.63, 3.8) is 0 Å². The number of amides is 2. The number of hydrogen-bond acceptors (Lipinski definition) is 4. The van der Waals surface area contributed by atoms with Gasteiger partial charge in [-0.3, -0.25) is 19.1 Å². The summed E-state index contributed by atoms with van der Waals surface area (Å²) in [5, 5.41) is 13.8. The van der Waals surface area contributed by atoms with E-state index >= 15 is 0 Å². The summed E-state index contributed by atoms with van der Waals surface area (Å²) in [6.07, 6.45) is 3.57. The van der Waals surface area contributed by atoms with Gasteiger partial charge in [0.25, 0.3) is 5.91 Å². The van der Waals surface area contributed by atoms with Gasteiger partial charge >= 0.3 is 5.97 Å². The minimum Gasteiger partial charge on any atom is -0.481 e. The Morgan fingerprint density at radius 1 is 1.35 bits per heavy atom. The monoisotopic (exact) mass is 362 g/mol. The molecular formula is C18H26N4O4. The predicted molar refractivity (Wildman–Crippen MR) is 93.6 cm³/mol. The third-order valence-corrected chi connectivity index (χ3v) is 6.05. The third kappa shape index (κ3) is 2.77. The first-order valence-electron chi connectivity index (χ1n) is 9.13. The molecule has 0 saturated carbocycles. The lowest BCUT2D eigenvalue weighted by atomic mass is 9.77. The molecule has 142 valence electrons. The maximum Gasteiger partial charge on any atom is 0.309 e. The van der Waals surface area contributed by atoms with Gasteiger partial charge in [0.15, 0.2) is 0 Å². The summed E-state index contributed by atoms with van der Waals surface area (Å²) in [6, 6.07) is 0. The van der Waals surface area contributed by atoms with Crippen molar-refractivity contribution in [2.45, 2.75) is 51.6 Å². The Morgan fingerprint density at radius 3 is 2.58 bits per heavy atom. The molecule has 3 heterocycles. The number of carboxylic acids is 1. The largest absolute Gasteiger partial charge is 0.481 e. The molecule has 1 spiro atoms. The average Bonchev–Trinajstić information content (AvgIpc) is 3.09. The zero-order chi connectivity index (χ0) is 19.1. The molecule has 2 saturated heterocycles. The second-order valence-electron chi connectivity index (χ2n) is 7.31. The van der Waals surface area contributed by atoms with Crippen LogP contribution in [0.5, 0.6) is 0 Å². The lowest BCUT2D eigenvalue weighted by molar-refractivity contribution is -0.145. The van der Waals surface area contributed by atoms with E-state index in [-0.39, 0.29) is 18.2 Å². The molecule has 26 heavy (non-hydrogen) atoms. The molecule has 0 aromatic carbocycles. The van der Waals surface area contributed by atoms with Gasteiger partial charge in [0, 0.05) is 38.8 Å². The number of nitrogens with zero attached hydrogens (tertiary/aromatic N) is 4. The number of carboxylic acid groups (broad SMARTS) is 1. The van der Waals surface area contributed by atoms with Gasteiger partial charge in [0.05, 0.1) is 23.2 Å². The molecule has 2 amide bonds. The number of aromatic nitrogens is 2. The van der Waals surface area contributed by atoms with Crippen LogP contribution in [0.4, 0.5) is 0 Å². The van der Waals surface area contributed by atoms with E-state index in [0.29, 0.717) is 31.5 Å². The molecule has 1 atom stereocenters. The molecule has 0 radical (unpaired) electrons. The number of rotatable bonds is 4. The van der Waals surface area contributed by atoms with Crippen LogP contribution in [0.25, 0.3) is 0 Å². The van der Waals surface area contributed by atoms with Crippen LogP contribution in [0.3, 0.4) is 0 Å². The van der Waals surface area contributed by atoms with Gasteiger partial charge in [-0.05, 0) is 26.2 Å². The highest BCUT2D eigenvalue weighted by atomic mass is 16.4. The first-order chi connectivity index (χ1) is 12.3. The molecule has 2 aliphatic heterocycles. The van der Waals surface area contributed by atoms with Gasteiger partial charge in [-0.15, -0.1) is 0 Å². The van der Waals surface area contributed by atoms with E-state index in [1.807, 2.05) is 11.6 Å². The van der Waals surface area contributed by atoms with Gasteiger partial charge in [0.1, 0.15) is 0 Å². The van der Waals surface area contributed by atoms with Crippen molar-refractivity contribution < 1.29 is 19.5 Å². The first kappa shape index (κ1) is 18.4. The van der Waals surface area contributed by atoms with Crippen LogP contribution in [-0.4, -0.2) is 68.1 Å². The van der Waals surface area contributed by atoms with Crippen molar-refractivity contribution >= 4 is 17.8 Å². The van der Waals surface area contributed by atoms with Gasteiger partial charge in [-0.25, -0.2) is 0 Å². The Balaban J connectivity index is 1.75. The van der Waals surface area contributed by atoms with Crippen LogP contribution in [0.2, 0.25) is 0 Å². The molecule has 3 rings (SSSR count). The van der Waals surface area contributed by atoms with Gasteiger partial charge in [0.2, 0.25) is 5.91 Å². The maximum absolute atomic E-state index is 12.9. The van der Waals surface area contributed by atoms with E-state index in [1.54, 1.807) is 23.0 Å². The number of carbonyl (C=O) groups excluding carboxylic acids is 2. The van der Waals surface area contributed by atoms with Crippen LogP contribution >= 0.6 is 0 Å². The number of hydrogen-bond donors (Lipinski definition) is 1. The molecule has 2 aliphatic rings. The minimum absolute atomic E-state index is 0.0443. The smallest absolute Gasteiger partial charge is 0.309 e. The van der Waals surface area contributed by atoms with E-state index in [9.17, 15) is 19.5 Å². The number of aliphatic carboxylic acids is 1. The van der Waals surface area contributed by atoms with Crippen LogP contribution in [0.1, 0.15) is 48.7 Å². The average molecular weight is 362 g/mol. The van der Waals surface area contributed by atoms with Gasteiger partial charge < -0.3 is 14.9 Å². The molecule has 1 aromatic rings. The number of likely N-dealkylation sites (tertiary alicyclic amines) is 2. The summed E-state index contributed by atoms with van der Waals surface area (Å²) < 4.78 is 1.84. The fourth-order valence-corrected chi connectivity index (χ4v) is 4.35. The van der Waals surface area contributed by atoms with E-state index in [0.717, 1.165) is 18.7 Å². The second kappa shape index (κ2) is 6.74. The fraction of sp³-hybridized carbons (Fsp3) is 0.667. The second-order valence-corrected chi connectivity index (χ2v) is 7.31. The van der Waals surface area contributed by atoms with Crippen molar-refractivity contribution in [2.24, 2.45) is 5.92 Å². The van der Waals surface area contributed by atoms with Crippen LogP contribution in [0, 0.1) is 12.8 Å². The summed E-state index contributed by atoms with van der Waals surface area (Å²) in [7, 11) is 1.68. The molecule has 1 aromatic heterocycles. The quantitative estimate of drug-likeness (QED) is 0.866. The molecule has 8 heteroatoms. The van der Waals surface area contributed by atoms with E-state index in [4.69, 9.17) is 0 Å². The topological polar surface area (TPSA) is 95.7 Å². The highest BCUT2D eigenvalue weighted by Crippen LogP contribution is 2.43. The summed E-state index contributed by atoms with van der Waals surface area (Å²) in [4.78, 5) is 39.9. The van der Waals surface area contributed by atoms with Crippen LogP contribution in [0.15, 0.2) is 6.20 Å². The van der Waals surface area contributed by atoms with Gasteiger partial charge in [-0.2, -0.15) is 5.10 Å². The van der Waals surface area contributed by atoms with E-state index < -0.39 is 17.4 Å². The van der Waals surface area contributed by atoms with Crippen molar-refractivity contribution in [3.05, 3.63) is 17.5 Å². The standard InChI is InChI=1S/C18H26N4O4/c1-4-7-22-12(2)13(11-19-22)16(24)21-8-5-18(6-9-21)14(17(25)26)10-15(23)20(18)3/h11,14H,4-10H2,1-3H3,(H,25,26). The summed E-state index contributed by atoms with van der Waals surface area (Å²) >= 11 is 0. The molecule has 0 aliphatic carbocycles. The number of piperidine rings is 1. The Bertz CT molecular complexity index is 734. The first-order valence-corrected chi connectivity index (χ1v) is 9.13. The highest BCUT2D eigenvalue weighted by Gasteiger charge is 2.55. The number of carbonyl (C=O) groups is 3. The van der Waals surface area contributed by atoms with E-state index in [1.165, 1.54) is 0 Å². The summed E-state index contributed by atoms with van der Waals surface area (Å²) in [5.41, 5.74) is 0.773. The number of aryl methyl sites for hydroxylation is 1. The SMILES string of the molecule is CCCn1ncc(C(=O)N2CCC3(CC2)C(C(=O)O)CC(=O)N3C)c1C. The van der Waals surface area contributed by atoms with Crippen LogP contribution in [-0.2, 0) is 16.1 Å². The van der Waals surface area contributed by atoms with Gasteiger partial charge in [-0.1, -0.05) is 6.92 Å². The van der Waals surface area contributed by atoms with E-state index in [2.05, 4.69) is 12.0 Å². The fourth-order valence-electron chi connectivity index (χ4n) is 4.35.